The van der Waals surface area contributed by atoms with E-state index in [1.807, 2.05) is 13.8 Å². The molecule has 2 unspecified atom stereocenters. The van der Waals surface area contributed by atoms with Gasteiger partial charge in [0.2, 0.25) is 11.8 Å². The number of ether oxygens (including phenoxy) is 1. The number of carbonyl (C=O) groups excluding carboxylic acids is 2. The zero-order chi connectivity index (χ0) is 14.0. The maximum Gasteiger partial charge on any atom is 0.246 e. The number of nitrogens with zero attached hydrogens (tertiary/aromatic N) is 1. The molecule has 5 heteroatoms. The Balaban J connectivity index is 2.16. The predicted molar refractivity (Wildman–Crippen MR) is 71.6 cm³/mol. The molecule has 0 aromatic carbocycles. The summed E-state index contributed by atoms with van der Waals surface area (Å²) in [5.41, 5.74) is -0.706. The Bertz CT molecular complexity index is 366. The summed E-state index contributed by atoms with van der Waals surface area (Å²) in [4.78, 5) is 26.4. The second-order valence-electron chi connectivity index (χ2n) is 5.83. The molecule has 108 valence electrons. The lowest BCUT2D eigenvalue weighted by Gasteiger charge is -2.46. The van der Waals surface area contributed by atoms with Crippen LogP contribution in [0.15, 0.2) is 0 Å². The second kappa shape index (κ2) is 5.49. The number of hydrogen-bond donors (Lipinski definition) is 1. The van der Waals surface area contributed by atoms with Crippen molar-refractivity contribution in [3.8, 4) is 0 Å². The predicted octanol–water partition coefficient (Wildman–Crippen LogP) is 0.929. The minimum atomic E-state index is -0.706. The van der Waals surface area contributed by atoms with Crippen LogP contribution in [-0.4, -0.2) is 48.1 Å². The van der Waals surface area contributed by atoms with Crippen LogP contribution >= 0.6 is 0 Å². The van der Waals surface area contributed by atoms with E-state index in [2.05, 4.69) is 5.32 Å². The molecule has 0 aliphatic carbocycles. The normalized spacial score (nSPS) is 33.4. The molecule has 2 rings (SSSR count). The maximum absolute atomic E-state index is 12.4. The van der Waals surface area contributed by atoms with Crippen LogP contribution in [0.3, 0.4) is 0 Å². The lowest BCUT2D eigenvalue weighted by Crippen LogP contribution is -2.69. The lowest BCUT2D eigenvalue weighted by atomic mass is 9.88. The summed E-state index contributed by atoms with van der Waals surface area (Å²) in [6, 6.07) is -0.410. The highest BCUT2D eigenvalue weighted by Crippen LogP contribution is 2.28. The van der Waals surface area contributed by atoms with Crippen molar-refractivity contribution in [3.63, 3.8) is 0 Å². The van der Waals surface area contributed by atoms with E-state index < -0.39 is 11.6 Å². The minimum absolute atomic E-state index is 0.0332. The number of rotatable bonds is 3. The van der Waals surface area contributed by atoms with Crippen molar-refractivity contribution in [2.45, 2.75) is 51.6 Å². The molecule has 0 spiro atoms. The van der Waals surface area contributed by atoms with E-state index in [1.165, 1.54) is 0 Å². The van der Waals surface area contributed by atoms with Gasteiger partial charge in [-0.3, -0.25) is 9.59 Å². The molecule has 2 atom stereocenters. The van der Waals surface area contributed by atoms with Crippen LogP contribution in [0.2, 0.25) is 0 Å². The van der Waals surface area contributed by atoms with Crippen molar-refractivity contribution < 1.29 is 14.3 Å². The van der Waals surface area contributed by atoms with Crippen molar-refractivity contribution in [1.82, 2.24) is 10.2 Å². The third-order valence-electron chi connectivity index (χ3n) is 4.54. The first-order valence-corrected chi connectivity index (χ1v) is 7.19. The largest absolute Gasteiger partial charge is 0.381 e. The van der Waals surface area contributed by atoms with Crippen LogP contribution in [-0.2, 0) is 14.3 Å². The molecule has 2 amide bonds. The smallest absolute Gasteiger partial charge is 0.246 e. The van der Waals surface area contributed by atoms with Gasteiger partial charge < -0.3 is 15.0 Å². The van der Waals surface area contributed by atoms with Gasteiger partial charge >= 0.3 is 0 Å². The topological polar surface area (TPSA) is 58.6 Å². The van der Waals surface area contributed by atoms with E-state index in [1.54, 1.807) is 11.8 Å². The van der Waals surface area contributed by atoms with Gasteiger partial charge in [-0.1, -0.05) is 6.92 Å². The molecular formula is C14H24N2O3. The SMILES string of the molecule is CCC1(C)C(=O)NC(C)C(=O)N1CC1CCOCC1. The Morgan fingerprint density at radius 2 is 2.00 bits per heavy atom. The Morgan fingerprint density at radius 1 is 1.37 bits per heavy atom. The Morgan fingerprint density at radius 3 is 2.58 bits per heavy atom. The molecule has 19 heavy (non-hydrogen) atoms. The zero-order valence-corrected chi connectivity index (χ0v) is 12.1. The van der Waals surface area contributed by atoms with Gasteiger partial charge in [-0.05, 0) is 39.0 Å². The molecule has 2 saturated heterocycles. The molecule has 0 aromatic rings. The van der Waals surface area contributed by atoms with E-state index in [0.29, 0.717) is 18.9 Å². The summed E-state index contributed by atoms with van der Waals surface area (Å²) < 4.78 is 5.35. The van der Waals surface area contributed by atoms with E-state index in [4.69, 9.17) is 4.74 Å². The van der Waals surface area contributed by atoms with E-state index in [-0.39, 0.29) is 11.8 Å². The van der Waals surface area contributed by atoms with Gasteiger partial charge in [-0.2, -0.15) is 0 Å². The van der Waals surface area contributed by atoms with Crippen molar-refractivity contribution in [3.05, 3.63) is 0 Å². The molecular weight excluding hydrogens is 244 g/mol. The van der Waals surface area contributed by atoms with Crippen molar-refractivity contribution in [2.24, 2.45) is 5.92 Å². The molecule has 2 fully saturated rings. The zero-order valence-electron chi connectivity index (χ0n) is 12.1. The quantitative estimate of drug-likeness (QED) is 0.828. The van der Waals surface area contributed by atoms with Crippen molar-refractivity contribution in [1.29, 1.82) is 0 Å². The average molecular weight is 268 g/mol. The third kappa shape index (κ3) is 2.61. The van der Waals surface area contributed by atoms with Gasteiger partial charge in [0, 0.05) is 19.8 Å². The van der Waals surface area contributed by atoms with Crippen molar-refractivity contribution >= 4 is 11.8 Å². The van der Waals surface area contributed by atoms with Crippen LogP contribution in [0.1, 0.15) is 40.0 Å². The number of piperazine rings is 1. The highest BCUT2D eigenvalue weighted by atomic mass is 16.5. The molecule has 1 N–H and O–H groups in total. The highest BCUT2D eigenvalue weighted by molar-refractivity contribution is 5.99. The summed E-state index contributed by atoms with van der Waals surface area (Å²) in [5, 5.41) is 2.78. The number of carbonyl (C=O) groups is 2. The Labute approximate surface area is 114 Å². The number of hydrogen-bond acceptors (Lipinski definition) is 3. The summed E-state index contributed by atoms with van der Waals surface area (Å²) >= 11 is 0. The molecule has 0 aromatic heterocycles. The van der Waals surface area contributed by atoms with E-state index in [9.17, 15) is 9.59 Å². The highest BCUT2D eigenvalue weighted by Gasteiger charge is 2.47. The standard InChI is InChI=1S/C14H24N2O3/c1-4-14(3)13(18)15-10(2)12(17)16(14)9-11-5-7-19-8-6-11/h10-11H,4-9H2,1-3H3,(H,15,18). The number of amides is 2. The summed E-state index contributed by atoms with van der Waals surface area (Å²) in [7, 11) is 0. The summed E-state index contributed by atoms with van der Waals surface area (Å²) in [5.74, 6) is 0.450. The molecule has 2 aliphatic heterocycles. The van der Waals surface area contributed by atoms with Crippen LogP contribution in [0.25, 0.3) is 0 Å². The fourth-order valence-electron chi connectivity index (χ4n) is 2.84. The first kappa shape index (κ1) is 14.3. The van der Waals surface area contributed by atoms with Gasteiger partial charge in [-0.15, -0.1) is 0 Å². The van der Waals surface area contributed by atoms with E-state index >= 15 is 0 Å². The third-order valence-corrected chi connectivity index (χ3v) is 4.54. The van der Waals surface area contributed by atoms with Gasteiger partial charge in [-0.25, -0.2) is 0 Å². The first-order valence-electron chi connectivity index (χ1n) is 7.19. The van der Waals surface area contributed by atoms with Gasteiger partial charge in [0.1, 0.15) is 11.6 Å². The molecule has 2 heterocycles. The molecule has 0 radical (unpaired) electrons. The molecule has 5 nitrogen and oxygen atoms in total. The summed E-state index contributed by atoms with van der Waals surface area (Å²) in [6.07, 6.45) is 2.58. The van der Waals surface area contributed by atoms with Crippen LogP contribution < -0.4 is 5.32 Å². The summed E-state index contributed by atoms with van der Waals surface area (Å²) in [6.45, 7) is 7.77. The van der Waals surface area contributed by atoms with Crippen LogP contribution in [0.5, 0.6) is 0 Å². The first-order chi connectivity index (χ1) is 8.99. The second-order valence-corrected chi connectivity index (χ2v) is 5.83. The van der Waals surface area contributed by atoms with Gasteiger partial charge in [0.05, 0.1) is 0 Å². The van der Waals surface area contributed by atoms with E-state index in [0.717, 1.165) is 26.1 Å². The van der Waals surface area contributed by atoms with Crippen LogP contribution in [0, 0.1) is 5.92 Å². The van der Waals surface area contributed by atoms with Gasteiger partial charge in [0.15, 0.2) is 0 Å². The van der Waals surface area contributed by atoms with Gasteiger partial charge in [0.25, 0.3) is 0 Å². The maximum atomic E-state index is 12.4. The molecule has 0 bridgehead atoms. The minimum Gasteiger partial charge on any atom is -0.381 e. The Kier molecular flexibility index (Phi) is 4.13. The lowest BCUT2D eigenvalue weighted by molar-refractivity contribution is -0.157. The fraction of sp³-hybridized carbons (Fsp3) is 0.857. The molecule has 2 aliphatic rings. The Hall–Kier alpha value is -1.10. The monoisotopic (exact) mass is 268 g/mol. The number of nitrogens with one attached hydrogen (secondary N) is 1. The fourth-order valence-corrected chi connectivity index (χ4v) is 2.84. The van der Waals surface area contributed by atoms with Crippen LogP contribution in [0.4, 0.5) is 0 Å². The van der Waals surface area contributed by atoms with Crippen molar-refractivity contribution in [2.75, 3.05) is 19.8 Å². The molecule has 0 saturated carbocycles. The average Bonchev–Trinajstić information content (AvgIpc) is 2.42.